The summed E-state index contributed by atoms with van der Waals surface area (Å²) in [5.74, 6) is 2.96. The van der Waals surface area contributed by atoms with Gasteiger partial charge in [0.2, 0.25) is 0 Å². The van der Waals surface area contributed by atoms with Crippen LogP contribution in [-0.4, -0.2) is 37.1 Å². The lowest BCUT2D eigenvalue weighted by Crippen LogP contribution is -2.42. The Hall–Kier alpha value is -0.0800. The number of piperidine rings is 1. The van der Waals surface area contributed by atoms with Gasteiger partial charge in [0.25, 0.3) is 0 Å². The van der Waals surface area contributed by atoms with E-state index in [-0.39, 0.29) is 0 Å². The Balaban J connectivity index is 1.34. The largest absolute Gasteiger partial charge is 0.314 e. The van der Waals surface area contributed by atoms with Crippen LogP contribution in [0.1, 0.15) is 71.1 Å². The molecule has 0 aromatic heterocycles. The molecule has 1 aliphatic heterocycles. The van der Waals surface area contributed by atoms with Gasteiger partial charge in [0.1, 0.15) is 0 Å². The predicted octanol–water partition coefficient (Wildman–Crippen LogP) is 4.06. The molecule has 3 rings (SSSR count). The first-order chi connectivity index (χ1) is 10.3. The van der Waals surface area contributed by atoms with Crippen molar-refractivity contribution in [3.05, 3.63) is 0 Å². The second-order valence-corrected chi connectivity index (χ2v) is 8.19. The first-order valence-electron chi connectivity index (χ1n) is 9.77. The number of fused-ring (bicyclic) bond motifs is 1. The zero-order valence-corrected chi connectivity index (χ0v) is 14.2. The van der Waals surface area contributed by atoms with Crippen LogP contribution in [0.4, 0.5) is 0 Å². The lowest BCUT2D eigenvalue weighted by Gasteiger charge is -2.40. The molecule has 0 spiro atoms. The van der Waals surface area contributed by atoms with Crippen molar-refractivity contribution in [1.29, 1.82) is 0 Å². The van der Waals surface area contributed by atoms with Crippen molar-refractivity contribution in [3.8, 4) is 0 Å². The molecule has 1 saturated heterocycles. The van der Waals surface area contributed by atoms with E-state index in [2.05, 4.69) is 17.1 Å². The van der Waals surface area contributed by atoms with Gasteiger partial charge in [-0.25, -0.2) is 0 Å². The predicted molar refractivity (Wildman–Crippen MR) is 90.5 cm³/mol. The Kier molecular flexibility index (Phi) is 5.99. The molecular formula is C19H36N2. The molecule has 3 fully saturated rings. The van der Waals surface area contributed by atoms with E-state index in [4.69, 9.17) is 0 Å². The highest BCUT2D eigenvalue weighted by Crippen LogP contribution is 2.40. The number of rotatable bonds is 5. The number of hydrogen-bond donors (Lipinski definition) is 1. The average Bonchev–Trinajstić information content (AvgIpc) is 2.54. The molecule has 2 saturated carbocycles. The first kappa shape index (κ1) is 15.8. The number of nitrogens with zero attached hydrogens (tertiary/aromatic N) is 1. The maximum absolute atomic E-state index is 3.92. The molecule has 0 radical (unpaired) electrons. The molecule has 0 aromatic carbocycles. The van der Waals surface area contributed by atoms with Crippen molar-refractivity contribution in [1.82, 2.24) is 10.2 Å². The highest BCUT2D eigenvalue weighted by molar-refractivity contribution is 4.86. The van der Waals surface area contributed by atoms with Crippen molar-refractivity contribution >= 4 is 0 Å². The van der Waals surface area contributed by atoms with Gasteiger partial charge >= 0.3 is 0 Å². The second-order valence-electron chi connectivity index (χ2n) is 8.19. The highest BCUT2D eigenvalue weighted by Gasteiger charge is 2.31. The highest BCUT2D eigenvalue weighted by atomic mass is 15.1. The van der Waals surface area contributed by atoms with E-state index in [0.29, 0.717) is 0 Å². The Morgan fingerprint density at radius 2 is 1.67 bits per heavy atom. The van der Waals surface area contributed by atoms with Gasteiger partial charge in [-0.3, -0.25) is 0 Å². The van der Waals surface area contributed by atoms with Crippen molar-refractivity contribution in [2.75, 3.05) is 26.2 Å². The summed E-state index contributed by atoms with van der Waals surface area (Å²) < 4.78 is 0. The van der Waals surface area contributed by atoms with Gasteiger partial charge in [-0.2, -0.15) is 0 Å². The van der Waals surface area contributed by atoms with Crippen LogP contribution in [0, 0.1) is 17.8 Å². The molecule has 4 unspecified atom stereocenters. The fraction of sp³-hybridized carbons (Fsp3) is 1.00. The molecule has 21 heavy (non-hydrogen) atoms. The maximum Gasteiger partial charge on any atom is 0.00700 e. The van der Waals surface area contributed by atoms with Crippen LogP contribution in [0.2, 0.25) is 0 Å². The molecule has 0 amide bonds. The van der Waals surface area contributed by atoms with Crippen molar-refractivity contribution in [2.45, 2.75) is 77.2 Å². The normalized spacial score (nSPS) is 36.1. The molecule has 1 N–H and O–H groups in total. The molecule has 2 heteroatoms. The van der Waals surface area contributed by atoms with Gasteiger partial charge in [-0.1, -0.05) is 39.0 Å². The van der Waals surface area contributed by atoms with Crippen LogP contribution in [0.5, 0.6) is 0 Å². The molecule has 4 atom stereocenters. The summed E-state index contributed by atoms with van der Waals surface area (Å²) in [7, 11) is 0. The van der Waals surface area contributed by atoms with Crippen LogP contribution in [0.25, 0.3) is 0 Å². The molecule has 0 aromatic rings. The third kappa shape index (κ3) is 4.69. The summed E-state index contributed by atoms with van der Waals surface area (Å²) in [5, 5.41) is 3.92. The van der Waals surface area contributed by atoms with E-state index < -0.39 is 0 Å². The van der Waals surface area contributed by atoms with Gasteiger partial charge in [0, 0.05) is 12.6 Å². The molecule has 2 nitrogen and oxygen atoms in total. The number of hydrogen-bond acceptors (Lipinski definition) is 2. The van der Waals surface area contributed by atoms with Gasteiger partial charge < -0.3 is 10.2 Å². The fourth-order valence-electron chi connectivity index (χ4n) is 5.07. The van der Waals surface area contributed by atoms with Gasteiger partial charge in [-0.15, -0.1) is 0 Å². The third-order valence-corrected chi connectivity index (χ3v) is 6.31. The quantitative estimate of drug-likeness (QED) is 0.822. The maximum atomic E-state index is 3.92. The van der Waals surface area contributed by atoms with Gasteiger partial charge in [0.05, 0.1) is 0 Å². The zero-order chi connectivity index (χ0) is 14.5. The SMILES string of the molecule is CC(CNC1CCC2CCCCC2C1)CN1CCCCC1. The summed E-state index contributed by atoms with van der Waals surface area (Å²) >= 11 is 0. The van der Waals surface area contributed by atoms with E-state index in [1.807, 2.05) is 0 Å². The Labute approximate surface area is 132 Å². The van der Waals surface area contributed by atoms with Crippen LogP contribution in [0.15, 0.2) is 0 Å². The zero-order valence-electron chi connectivity index (χ0n) is 14.2. The Morgan fingerprint density at radius 1 is 0.905 bits per heavy atom. The van der Waals surface area contributed by atoms with Gasteiger partial charge in [-0.05, 0) is 69.5 Å². The Bertz CT molecular complexity index is 298. The number of nitrogens with one attached hydrogen (secondary N) is 1. The minimum Gasteiger partial charge on any atom is -0.314 e. The minimum atomic E-state index is 0.812. The minimum absolute atomic E-state index is 0.812. The second kappa shape index (κ2) is 7.97. The smallest absolute Gasteiger partial charge is 0.00700 e. The van der Waals surface area contributed by atoms with E-state index >= 15 is 0 Å². The topological polar surface area (TPSA) is 15.3 Å². The van der Waals surface area contributed by atoms with Crippen molar-refractivity contribution in [2.24, 2.45) is 17.8 Å². The van der Waals surface area contributed by atoms with Crippen LogP contribution in [0.3, 0.4) is 0 Å². The van der Waals surface area contributed by atoms with Crippen molar-refractivity contribution in [3.63, 3.8) is 0 Å². The van der Waals surface area contributed by atoms with E-state index in [1.54, 1.807) is 0 Å². The molecule has 3 aliphatic rings. The lowest BCUT2D eigenvalue weighted by molar-refractivity contribution is 0.138. The molecule has 2 aliphatic carbocycles. The first-order valence-corrected chi connectivity index (χ1v) is 9.77. The fourth-order valence-corrected chi connectivity index (χ4v) is 5.07. The molecular weight excluding hydrogens is 256 g/mol. The summed E-state index contributed by atoms with van der Waals surface area (Å²) in [6.07, 6.45) is 14.8. The van der Waals surface area contributed by atoms with E-state index in [1.165, 1.54) is 90.4 Å². The summed E-state index contributed by atoms with van der Waals surface area (Å²) in [6.45, 7) is 7.67. The van der Waals surface area contributed by atoms with Crippen LogP contribution in [-0.2, 0) is 0 Å². The molecule has 0 bridgehead atoms. The standard InChI is InChI=1S/C19H36N2/c1-16(15-21-11-5-2-6-12-21)14-20-19-10-9-17-7-3-4-8-18(17)13-19/h16-20H,2-15H2,1H3. The summed E-state index contributed by atoms with van der Waals surface area (Å²) in [4.78, 5) is 2.69. The van der Waals surface area contributed by atoms with E-state index in [9.17, 15) is 0 Å². The monoisotopic (exact) mass is 292 g/mol. The van der Waals surface area contributed by atoms with Gasteiger partial charge in [0.15, 0.2) is 0 Å². The van der Waals surface area contributed by atoms with Crippen LogP contribution < -0.4 is 5.32 Å². The summed E-state index contributed by atoms with van der Waals surface area (Å²) in [6, 6.07) is 0.827. The third-order valence-electron chi connectivity index (χ3n) is 6.31. The molecule has 122 valence electrons. The average molecular weight is 293 g/mol. The summed E-state index contributed by atoms with van der Waals surface area (Å²) in [5.41, 5.74) is 0. The van der Waals surface area contributed by atoms with Crippen LogP contribution >= 0.6 is 0 Å². The Morgan fingerprint density at radius 3 is 2.48 bits per heavy atom. The van der Waals surface area contributed by atoms with Crippen molar-refractivity contribution < 1.29 is 0 Å². The number of likely N-dealkylation sites (tertiary alicyclic amines) is 1. The molecule has 1 heterocycles. The van der Waals surface area contributed by atoms with E-state index in [0.717, 1.165) is 23.8 Å². The lowest BCUT2D eigenvalue weighted by atomic mass is 9.69.